The van der Waals surface area contributed by atoms with Gasteiger partial charge >= 0.3 is 5.97 Å². The van der Waals surface area contributed by atoms with Crippen molar-refractivity contribution in [2.45, 2.75) is 6.92 Å². The number of nitro groups is 1. The maximum Gasteiger partial charge on any atom is 0.338 e. The van der Waals surface area contributed by atoms with Crippen molar-refractivity contribution in [2.75, 3.05) is 11.9 Å². The van der Waals surface area contributed by atoms with Crippen molar-refractivity contribution >= 4 is 55.1 Å². The summed E-state index contributed by atoms with van der Waals surface area (Å²) in [6, 6.07) is 9.21. The number of carbonyl (C=O) groups excluding carboxylic acids is 2. The van der Waals surface area contributed by atoms with E-state index < -0.39 is 23.4 Å². The zero-order valence-electron chi connectivity index (χ0n) is 12.9. The molecule has 0 unspecified atom stereocenters. The van der Waals surface area contributed by atoms with Gasteiger partial charge in [-0.15, -0.1) is 0 Å². The van der Waals surface area contributed by atoms with E-state index in [9.17, 15) is 19.7 Å². The molecule has 0 spiro atoms. The normalized spacial score (nSPS) is 10.2. The molecule has 2 aromatic rings. The summed E-state index contributed by atoms with van der Waals surface area (Å²) >= 11 is 6.36. The molecule has 25 heavy (non-hydrogen) atoms. The molecule has 0 aliphatic rings. The van der Waals surface area contributed by atoms with E-state index in [0.717, 1.165) is 11.6 Å². The van der Waals surface area contributed by atoms with E-state index in [4.69, 9.17) is 4.74 Å². The molecular formula is C16H12Br2N2O5. The minimum Gasteiger partial charge on any atom is -0.452 e. The summed E-state index contributed by atoms with van der Waals surface area (Å²) in [5.74, 6) is -1.35. The molecule has 2 rings (SSSR count). The third-order valence-corrected chi connectivity index (χ3v) is 4.44. The average Bonchev–Trinajstić information content (AvgIpc) is 2.55. The predicted molar refractivity (Wildman–Crippen MR) is 98.6 cm³/mol. The molecule has 0 saturated heterocycles. The van der Waals surface area contributed by atoms with E-state index in [1.165, 1.54) is 12.1 Å². The van der Waals surface area contributed by atoms with Gasteiger partial charge in [0.15, 0.2) is 6.61 Å². The molecule has 9 heteroatoms. The van der Waals surface area contributed by atoms with Gasteiger partial charge in [-0.05, 0) is 68.6 Å². The number of halogens is 2. The molecule has 1 N–H and O–H groups in total. The Labute approximate surface area is 159 Å². The Morgan fingerprint density at radius 2 is 1.88 bits per heavy atom. The minimum atomic E-state index is -0.825. The molecule has 130 valence electrons. The second-order valence-corrected chi connectivity index (χ2v) is 6.74. The average molecular weight is 472 g/mol. The maximum atomic E-state index is 11.9. The first-order valence-corrected chi connectivity index (χ1v) is 8.53. The van der Waals surface area contributed by atoms with Crippen LogP contribution in [0.1, 0.15) is 15.9 Å². The lowest BCUT2D eigenvalue weighted by Gasteiger charge is -2.09. The van der Waals surface area contributed by atoms with Crippen LogP contribution >= 0.6 is 31.9 Å². The van der Waals surface area contributed by atoms with Crippen molar-refractivity contribution in [1.29, 1.82) is 0 Å². The highest BCUT2D eigenvalue weighted by atomic mass is 79.9. The number of hydrogen-bond donors (Lipinski definition) is 1. The predicted octanol–water partition coefficient (Wildman–Crippen LogP) is 4.22. The molecule has 0 bridgehead atoms. The van der Waals surface area contributed by atoms with Crippen molar-refractivity contribution < 1.29 is 19.2 Å². The standard InChI is InChI=1S/C16H12Br2N2O5/c1-9-2-5-13(12(18)6-9)19-15(21)8-25-16(22)10-3-4-11(17)14(7-10)20(23)24/h2-7H,8H2,1H3,(H,19,21). The van der Waals surface area contributed by atoms with Crippen LogP contribution < -0.4 is 5.32 Å². The Bertz CT molecular complexity index is 854. The van der Waals surface area contributed by atoms with Gasteiger partial charge in [0, 0.05) is 10.5 Å². The Balaban J connectivity index is 1.98. The van der Waals surface area contributed by atoms with Crippen molar-refractivity contribution in [3.05, 3.63) is 66.6 Å². The van der Waals surface area contributed by atoms with Crippen LogP contribution in [0, 0.1) is 17.0 Å². The van der Waals surface area contributed by atoms with Gasteiger partial charge in [-0.1, -0.05) is 6.07 Å². The number of benzene rings is 2. The molecule has 0 fully saturated rings. The van der Waals surface area contributed by atoms with Gasteiger partial charge in [-0.25, -0.2) is 4.79 Å². The molecule has 0 radical (unpaired) electrons. The maximum absolute atomic E-state index is 11.9. The number of nitrogens with one attached hydrogen (secondary N) is 1. The van der Waals surface area contributed by atoms with Gasteiger partial charge in [0.25, 0.3) is 11.6 Å². The van der Waals surface area contributed by atoms with Crippen molar-refractivity contribution in [3.8, 4) is 0 Å². The van der Waals surface area contributed by atoms with E-state index in [-0.39, 0.29) is 15.7 Å². The van der Waals surface area contributed by atoms with Crippen LogP contribution in [-0.2, 0) is 9.53 Å². The molecule has 7 nitrogen and oxygen atoms in total. The van der Waals surface area contributed by atoms with E-state index >= 15 is 0 Å². The lowest BCUT2D eigenvalue weighted by Crippen LogP contribution is -2.21. The van der Waals surface area contributed by atoms with Gasteiger partial charge < -0.3 is 10.1 Å². The Kier molecular flexibility index (Phi) is 6.27. The summed E-state index contributed by atoms with van der Waals surface area (Å²) < 4.78 is 5.85. The lowest BCUT2D eigenvalue weighted by molar-refractivity contribution is -0.385. The van der Waals surface area contributed by atoms with Crippen LogP contribution in [0.25, 0.3) is 0 Å². The number of esters is 1. The van der Waals surface area contributed by atoms with E-state index in [1.54, 1.807) is 6.07 Å². The summed E-state index contributed by atoms with van der Waals surface area (Å²) in [7, 11) is 0. The quantitative estimate of drug-likeness (QED) is 0.399. The minimum absolute atomic E-state index is 0.0146. The van der Waals surface area contributed by atoms with E-state index in [1.807, 2.05) is 19.1 Å². The number of nitro benzene ring substituents is 1. The smallest absolute Gasteiger partial charge is 0.338 e. The number of aryl methyl sites for hydroxylation is 1. The second kappa shape index (κ2) is 8.21. The number of rotatable bonds is 5. The summed E-state index contributed by atoms with van der Waals surface area (Å²) in [6.07, 6.45) is 0. The molecule has 0 heterocycles. The third kappa shape index (κ3) is 5.10. The fourth-order valence-electron chi connectivity index (χ4n) is 1.90. The molecule has 0 aliphatic carbocycles. The summed E-state index contributed by atoms with van der Waals surface area (Å²) in [5.41, 5.74) is 1.29. The zero-order valence-corrected chi connectivity index (χ0v) is 16.1. The molecule has 2 aromatic carbocycles. The molecule has 0 saturated carbocycles. The number of hydrogen-bond acceptors (Lipinski definition) is 5. The summed E-state index contributed by atoms with van der Waals surface area (Å²) in [4.78, 5) is 34.1. The van der Waals surface area contributed by atoms with Gasteiger partial charge in [-0.3, -0.25) is 14.9 Å². The van der Waals surface area contributed by atoms with Gasteiger partial charge in [-0.2, -0.15) is 0 Å². The van der Waals surface area contributed by atoms with Crippen LogP contribution in [0.2, 0.25) is 0 Å². The number of anilines is 1. The van der Waals surface area contributed by atoms with Crippen LogP contribution in [0.15, 0.2) is 45.3 Å². The van der Waals surface area contributed by atoms with Gasteiger partial charge in [0.05, 0.1) is 20.6 Å². The fraction of sp³-hybridized carbons (Fsp3) is 0.125. The lowest BCUT2D eigenvalue weighted by atomic mass is 10.2. The molecule has 0 aromatic heterocycles. The monoisotopic (exact) mass is 470 g/mol. The summed E-state index contributed by atoms with van der Waals surface area (Å²) in [6.45, 7) is 1.40. The summed E-state index contributed by atoms with van der Waals surface area (Å²) in [5, 5.41) is 13.5. The highest BCUT2D eigenvalue weighted by Gasteiger charge is 2.17. The van der Waals surface area contributed by atoms with Crippen LogP contribution in [0.3, 0.4) is 0 Å². The van der Waals surface area contributed by atoms with Crippen molar-refractivity contribution in [1.82, 2.24) is 0 Å². The Morgan fingerprint density at radius 3 is 2.52 bits per heavy atom. The Morgan fingerprint density at radius 1 is 1.16 bits per heavy atom. The molecule has 0 aliphatic heterocycles. The first kappa shape index (κ1) is 19.1. The zero-order chi connectivity index (χ0) is 18.6. The van der Waals surface area contributed by atoms with Crippen molar-refractivity contribution in [3.63, 3.8) is 0 Å². The molecule has 0 atom stereocenters. The molecule has 1 amide bonds. The van der Waals surface area contributed by atoms with E-state index in [0.29, 0.717) is 10.2 Å². The number of ether oxygens (including phenoxy) is 1. The topological polar surface area (TPSA) is 98.5 Å². The number of nitrogens with zero attached hydrogens (tertiary/aromatic N) is 1. The Hall–Kier alpha value is -2.26. The second-order valence-electron chi connectivity index (χ2n) is 5.03. The SMILES string of the molecule is Cc1ccc(NC(=O)COC(=O)c2ccc(Br)c([N+](=O)[O-])c2)c(Br)c1. The fourth-order valence-corrected chi connectivity index (χ4v) is 2.89. The van der Waals surface area contributed by atoms with Crippen molar-refractivity contribution in [2.24, 2.45) is 0 Å². The van der Waals surface area contributed by atoms with Crippen LogP contribution in [-0.4, -0.2) is 23.4 Å². The number of amides is 1. The van der Waals surface area contributed by atoms with E-state index in [2.05, 4.69) is 37.2 Å². The first-order chi connectivity index (χ1) is 11.8. The van der Waals surface area contributed by atoms with Gasteiger partial charge in [0.1, 0.15) is 0 Å². The van der Waals surface area contributed by atoms with Crippen LogP contribution in [0.5, 0.6) is 0 Å². The largest absolute Gasteiger partial charge is 0.452 e. The van der Waals surface area contributed by atoms with Crippen LogP contribution in [0.4, 0.5) is 11.4 Å². The number of carbonyl (C=O) groups is 2. The first-order valence-electron chi connectivity index (χ1n) is 6.95. The highest BCUT2D eigenvalue weighted by Crippen LogP contribution is 2.26. The highest BCUT2D eigenvalue weighted by molar-refractivity contribution is 9.11. The van der Waals surface area contributed by atoms with Gasteiger partial charge in [0.2, 0.25) is 0 Å². The molecular weight excluding hydrogens is 460 g/mol. The third-order valence-electron chi connectivity index (χ3n) is 3.11.